The van der Waals surface area contributed by atoms with E-state index in [0.29, 0.717) is 19.3 Å². The standard InChI is InChI=1S/C67H116O6/c1-4-7-10-13-16-19-22-25-27-29-31-32-33-34-36-37-39-42-45-48-51-54-57-60-66(69)72-63-64(62-71-65(68)59-56-53-50-47-44-41-24-21-18-15-12-9-6-3)73-67(70)61-58-55-52-49-46-43-40-38-35-30-28-26-23-20-17-14-11-8-5-2/h8-9,11-12,17-18,20-21,26,28,35,38,41,44,64H,4-7,10,13-16,19,22-25,27,29-34,36-37,39-40,42-43,45-63H2,1-3H3/b11-8-,12-9-,20-17-,21-18-,28-26-,38-35-,44-41-. The Hall–Kier alpha value is -3.41. The van der Waals surface area contributed by atoms with Gasteiger partial charge in [-0.25, -0.2) is 0 Å². The Labute approximate surface area is 452 Å². The van der Waals surface area contributed by atoms with Crippen molar-refractivity contribution >= 4 is 17.9 Å². The molecular weight excluding hydrogens is 901 g/mol. The number of hydrogen-bond acceptors (Lipinski definition) is 6. The Bertz CT molecular complexity index is 1400. The molecule has 1 unspecified atom stereocenters. The second-order valence-corrected chi connectivity index (χ2v) is 20.6. The molecule has 73 heavy (non-hydrogen) atoms. The Morgan fingerprint density at radius 1 is 0.288 bits per heavy atom. The third-order valence-electron chi connectivity index (χ3n) is 13.4. The van der Waals surface area contributed by atoms with E-state index in [1.807, 2.05) is 0 Å². The van der Waals surface area contributed by atoms with Gasteiger partial charge in [-0.2, -0.15) is 0 Å². The Morgan fingerprint density at radius 2 is 0.534 bits per heavy atom. The van der Waals surface area contributed by atoms with Crippen LogP contribution in [0.25, 0.3) is 0 Å². The zero-order valence-corrected chi connectivity index (χ0v) is 48.1. The smallest absolute Gasteiger partial charge is 0.306 e. The van der Waals surface area contributed by atoms with Gasteiger partial charge in [0.25, 0.3) is 0 Å². The molecule has 0 amide bonds. The summed E-state index contributed by atoms with van der Waals surface area (Å²) in [6, 6.07) is 0. The quantitative estimate of drug-likeness (QED) is 0.0261. The Kier molecular flexibility index (Phi) is 58.3. The van der Waals surface area contributed by atoms with Crippen LogP contribution in [0.5, 0.6) is 0 Å². The maximum atomic E-state index is 12.9. The van der Waals surface area contributed by atoms with E-state index in [4.69, 9.17) is 14.2 Å². The molecule has 6 nitrogen and oxygen atoms in total. The number of allylic oxidation sites excluding steroid dienone is 14. The molecule has 0 bridgehead atoms. The fraction of sp³-hybridized carbons (Fsp3) is 0.746. The molecule has 0 rings (SSSR count). The number of rotatable bonds is 56. The lowest BCUT2D eigenvalue weighted by Crippen LogP contribution is -2.30. The molecule has 0 N–H and O–H groups in total. The predicted molar refractivity (Wildman–Crippen MR) is 316 cm³/mol. The van der Waals surface area contributed by atoms with Crippen molar-refractivity contribution in [2.24, 2.45) is 0 Å². The average Bonchev–Trinajstić information content (AvgIpc) is 3.39. The highest BCUT2D eigenvalue weighted by Crippen LogP contribution is 2.17. The van der Waals surface area contributed by atoms with Crippen LogP contribution in [0.15, 0.2) is 85.1 Å². The Balaban J connectivity index is 4.34. The Morgan fingerprint density at radius 3 is 0.849 bits per heavy atom. The molecular formula is C67H116O6. The molecule has 0 radical (unpaired) electrons. The third kappa shape index (κ3) is 59.3. The minimum atomic E-state index is -0.796. The van der Waals surface area contributed by atoms with E-state index in [1.165, 1.54) is 141 Å². The zero-order chi connectivity index (χ0) is 52.9. The van der Waals surface area contributed by atoms with E-state index < -0.39 is 6.10 Å². The van der Waals surface area contributed by atoms with Crippen LogP contribution in [0.1, 0.15) is 303 Å². The van der Waals surface area contributed by atoms with Crippen molar-refractivity contribution in [2.75, 3.05) is 13.2 Å². The van der Waals surface area contributed by atoms with Gasteiger partial charge in [0, 0.05) is 19.3 Å². The predicted octanol–water partition coefficient (Wildman–Crippen LogP) is 21.1. The van der Waals surface area contributed by atoms with Gasteiger partial charge in [-0.1, -0.05) is 279 Å². The summed E-state index contributed by atoms with van der Waals surface area (Å²) in [5, 5.41) is 0. The van der Waals surface area contributed by atoms with Crippen LogP contribution in [-0.2, 0) is 28.6 Å². The average molecular weight is 1020 g/mol. The molecule has 420 valence electrons. The van der Waals surface area contributed by atoms with Crippen LogP contribution in [0.4, 0.5) is 0 Å². The highest BCUT2D eigenvalue weighted by molar-refractivity contribution is 5.71. The second-order valence-electron chi connectivity index (χ2n) is 20.6. The topological polar surface area (TPSA) is 78.9 Å². The first-order valence-electron chi connectivity index (χ1n) is 31.1. The van der Waals surface area contributed by atoms with Gasteiger partial charge in [0.15, 0.2) is 6.10 Å². The molecule has 0 spiro atoms. The molecule has 0 heterocycles. The number of carbonyl (C=O) groups excluding carboxylic acids is 3. The fourth-order valence-electron chi connectivity index (χ4n) is 8.80. The molecule has 0 aliphatic heterocycles. The zero-order valence-electron chi connectivity index (χ0n) is 48.1. The maximum absolute atomic E-state index is 12.9. The maximum Gasteiger partial charge on any atom is 0.306 e. The van der Waals surface area contributed by atoms with Gasteiger partial charge in [0.1, 0.15) is 13.2 Å². The molecule has 1 atom stereocenters. The number of hydrogen-bond donors (Lipinski definition) is 0. The van der Waals surface area contributed by atoms with E-state index >= 15 is 0 Å². The summed E-state index contributed by atoms with van der Waals surface area (Å²) in [6.45, 7) is 6.41. The summed E-state index contributed by atoms with van der Waals surface area (Å²) in [7, 11) is 0. The van der Waals surface area contributed by atoms with Crippen molar-refractivity contribution in [1.82, 2.24) is 0 Å². The largest absolute Gasteiger partial charge is 0.462 e. The molecule has 0 aromatic carbocycles. The van der Waals surface area contributed by atoms with E-state index in [9.17, 15) is 14.4 Å². The van der Waals surface area contributed by atoms with E-state index in [2.05, 4.69) is 106 Å². The van der Waals surface area contributed by atoms with Crippen molar-refractivity contribution in [3.8, 4) is 0 Å². The highest BCUT2D eigenvalue weighted by Gasteiger charge is 2.19. The second kappa shape index (κ2) is 61.1. The number of carbonyl (C=O) groups is 3. The highest BCUT2D eigenvalue weighted by atomic mass is 16.6. The molecule has 0 aliphatic carbocycles. The van der Waals surface area contributed by atoms with Crippen LogP contribution >= 0.6 is 0 Å². The minimum Gasteiger partial charge on any atom is -0.462 e. The van der Waals surface area contributed by atoms with Crippen molar-refractivity contribution < 1.29 is 28.6 Å². The number of ether oxygens (including phenoxy) is 3. The summed E-state index contributed by atoms with van der Waals surface area (Å²) in [4.78, 5) is 38.2. The lowest BCUT2D eigenvalue weighted by atomic mass is 10.0. The SMILES string of the molecule is CC/C=C\C/C=C\C/C=C\C/C=C\CCCCCCCCC(=O)OC(COC(=O)CCCCC/C=C\C/C=C\C/C=C\CC)COC(=O)CCCCCCCCCCCCCCCCCCCCCCCCC. The van der Waals surface area contributed by atoms with Crippen LogP contribution in [0, 0.1) is 0 Å². The first kappa shape index (κ1) is 69.6. The molecule has 0 saturated heterocycles. The molecule has 0 saturated carbocycles. The summed E-state index contributed by atoms with van der Waals surface area (Å²) >= 11 is 0. The van der Waals surface area contributed by atoms with Crippen molar-refractivity contribution in [2.45, 2.75) is 309 Å². The van der Waals surface area contributed by atoms with Gasteiger partial charge in [-0.3, -0.25) is 14.4 Å². The van der Waals surface area contributed by atoms with Crippen molar-refractivity contribution in [1.29, 1.82) is 0 Å². The summed E-state index contributed by atoms with van der Waals surface area (Å²) in [5.74, 6) is -0.924. The molecule has 0 aromatic rings. The third-order valence-corrected chi connectivity index (χ3v) is 13.4. The van der Waals surface area contributed by atoms with E-state index in [1.54, 1.807) is 0 Å². The van der Waals surface area contributed by atoms with Gasteiger partial charge >= 0.3 is 17.9 Å². The monoisotopic (exact) mass is 1020 g/mol. The number of unbranched alkanes of at least 4 members (excludes halogenated alkanes) is 31. The normalized spacial score (nSPS) is 12.6. The van der Waals surface area contributed by atoms with Crippen LogP contribution in [0.2, 0.25) is 0 Å². The van der Waals surface area contributed by atoms with Gasteiger partial charge in [0.05, 0.1) is 0 Å². The molecule has 6 heteroatoms. The van der Waals surface area contributed by atoms with Crippen LogP contribution in [-0.4, -0.2) is 37.2 Å². The summed E-state index contributed by atoms with van der Waals surface area (Å²) in [5.41, 5.74) is 0. The lowest BCUT2D eigenvalue weighted by Gasteiger charge is -2.18. The van der Waals surface area contributed by atoms with Gasteiger partial charge < -0.3 is 14.2 Å². The van der Waals surface area contributed by atoms with Gasteiger partial charge in [-0.15, -0.1) is 0 Å². The summed E-state index contributed by atoms with van der Waals surface area (Å²) in [6.07, 6.45) is 80.2. The number of esters is 3. The van der Waals surface area contributed by atoms with Gasteiger partial charge in [0.2, 0.25) is 0 Å². The lowest BCUT2D eigenvalue weighted by molar-refractivity contribution is -0.167. The van der Waals surface area contributed by atoms with Crippen LogP contribution < -0.4 is 0 Å². The molecule has 0 aromatic heterocycles. The van der Waals surface area contributed by atoms with E-state index in [0.717, 1.165) is 122 Å². The van der Waals surface area contributed by atoms with Crippen molar-refractivity contribution in [3.05, 3.63) is 85.1 Å². The summed E-state index contributed by atoms with van der Waals surface area (Å²) < 4.78 is 16.9. The fourth-order valence-corrected chi connectivity index (χ4v) is 8.80. The first-order valence-corrected chi connectivity index (χ1v) is 31.1. The first-order chi connectivity index (χ1) is 36.0. The molecule has 0 fully saturated rings. The van der Waals surface area contributed by atoms with Crippen molar-refractivity contribution in [3.63, 3.8) is 0 Å². The minimum absolute atomic E-state index is 0.0898. The molecule has 0 aliphatic rings. The van der Waals surface area contributed by atoms with Gasteiger partial charge in [-0.05, 0) is 89.9 Å². The van der Waals surface area contributed by atoms with Crippen LogP contribution in [0.3, 0.4) is 0 Å². The van der Waals surface area contributed by atoms with E-state index in [-0.39, 0.29) is 31.1 Å².